The fraction of sp³-hybridized carbons (Fsp3) is 0.235. The number of aromatic nitrogens is 2. The third-order valence-electron chi connectivity index (χ3n) is 3.81. The molecule has 0 radical (unpaired) electrons. The Labute approximate surface area is 142 Å². The first-order chi connectivity index (χ1) is 11.8. The minimum Gasteiger partial charge on any atom is -0.467 e. The van der Waals surface area contributed by atoms with Gasteiger partial charge < -0.3 is 14.1 Å². The number of carbonyl (C=O) groups excluding carboxylic acids is 1. The zero-order valence-electron chi connectivity index (χ0n) is 12.8. The van der Waals surface area contributed by atoms with Crippen LogP contribution in [0, 0.1) is 0 Å². The van der Waals surface area contributed by atoms with Gasteiger partial charge in [-0.05, 0) is 24.3 Å². The quantitative estimate of drug-likeness (QED) is 0.732. The van der Waals surface area contributed by atoms with Crippen LogP contribution in [0.5, 0.6) is 0 Å². The van der Waals surface area contributed by atoms with Crippen molar-refractivity contribution in [1.82, 2.24) is 14.9 Å². The summed E-state index contributed by atoms with van der Waals surface area (Å²) in [4.78, 5) is 23.7. The van der Waals surface area contributed by atoms with Crippen LogP contribution in [-0.2, 0) is 4.74 Å². The van der Waals surface area contributed by atoms with E-state index in [1.807, 2.05) is 30.3 Å². The van der Waals surface area contributed by atoms with Crippen molar-refractivity contribution in [3.8, 4) is 10.7 Å². The highest BCUT2D eigenvalue weighted by molar-refractivity contribution is 7.16. The summed E-state index contributed by atoms with van der Waals surface area (Å²) in [6, 6.07) is 9.33. The summed E-state index contributed by atoms with van der Waals surface area (Å²) in [7, 11) is 0. The van der Waals surface area contributed by atoms with Crippen molar-refractivity contribution in [2.75, 3.05) is 19.7 Å². The van der Waals surface area contributed by atoms with Gasteiger partial charge in [-0.25, -0.2) is 4.98 Å². The van der Waals surface area contributed by atoms with Crippen LogP contribution in [0.25, 0.3) is 10.7 Å². The summed E-state index contributed by atoms with van der Waals surface area (Å²) in [5.41, 5.74) is 0.775. The molecule has 0 bridgehead atoms. The van der Waals surface area contributed by atoms with Gasteiger partial charge in [0.25, 0.3) is 5.91 Å². The maximum atomic E-state index is 12.7. The third kappa shape index (κ3) is 2.95. The fourth-order valence-corrected chi connectivity index (χ4v) is 3.48. The molecule has 1 fully saturated rings. The van der Waals surface area contributed by atoms with Gasteiger partial charge in [0.05, 0.1) is 31.3 Å². The Balaban J connectivity index is 1.50. The number of nitrogens with zero attached hydrogens (tertiary/aromatic N) is 3. The maximum Gasteiger partial charge on any atom is 0.265 e. The predicted molar refractivity (Wildman–Crippen MR) is 88.6 cm³/mol. The van der Waals surface area contributed by atoms with Crippen LogP contribution < -0.4 is 0 Å². The predicted octanol–water partition coefficient (Wildman–Crippen LogP) is 3.01. The molecule has 24 heavy (non-hydrogen) atoms. The molecule has 0 aromatic carbocycles. The molecule has 7 heteroatoms. The number of ether oxygens (including phenoxy) is 1. The minimum atomic E-state index is -0.221. The van der Waals surface area contributed by atoms with Crippen LogP contribution >= 0.6 is 11.3 Å². The van der Waals surface area contributed by atoms with Crippen molar-refractivity contribution in [3.63, 3.8) is 0 Å². The second-order valence-corrected chi connectivity index (χ2v) is 6.40. The van der Waals surface area contributed by atoms with Crippen LogP contribution in [0.15, 0.2) is 53.4 Å². The van der Waals surface area contributed by atoms with Crippen molar-refractivity contribution >= 4 is 17.2 Å². The van der Waals surface area contributed by atoms with Gasteiger partial charge in [-0.3, -0.25) is 9.78 Å². The summed E-state index contributed by atoms with van der Waals surface area (Å²) < 4.78 is 11.1. The number of carbonyl (C=O) groups is 1. The van der Waals surface area contributed by atoms with Gasteiger partial charge in [-0.15, -0.1) is 11.3 Å². The molecule has 1 aliphatic heterocycles. The number of hydrogen-bond acceptors (Lipinski definition) is 6. The first kappa shape index (κ1) is 15.0. The molecule has 6 nitrogen and oxygen atoms in total. The Bertz CT molecular complexity index is 817. The van der Waals surface area contributed by atoms with Crippen molar-refractivity contribution in [2.24, 2.45) is 0 Å². The lowest BCUT2D eigenvalue weighted by molar-refractivity contribution is -0.0319. The van der Waals surface area contributed by atoms with Crippen molar-refractivity contribution < 1.29 is 13.9 Å². The van der Waals surface area contributed by atoms with Gasteiger partial charge in [0, 0.05) is 12.7 Å². The van der Waals surface area contributed by atoms with Crippen molar-refractivity contribution in [3.05, 3.63) is 59.6 Å². The van der Waals surface area contributed by atoms with Gasteiger partial charge >= 0.3 is 0 Å². The summed E-state index contributed by atoms with van der Waals surface area (Å²) >= 11 is 1.36. The molecular formula is C17H15N3O3S. The zero-order valence-corrected chi connectivity index (χ0v) is 13.6. The van der Waals surface area contributed by atoms with E-state index in [9.17, 15) is 4.79 Å². The summed E-state index contributed by atoms with van der Waals surface area (Å²) in [5, 5.41) is 0.745. The Kier molecular flexibility index (Phi) is 4.10. The molecule has 122 valence electrons. The highest BCUT2D eigenvalue weighted by atomic mass is 32.1. The summed E-state index contributed by atoms with van der Waals surface area (Å²) in [5.74, 6) is 0.709. The molecule has 1 aliphatic rings. The van der Waals surface area contributed by atoms with Crippen LogP contribution in [-0.4, -0.2) is 40.5 Å². The van der Waals surface area contributed by atoms with Gasteiger partial charge in [-0.2, -0.15) is 0 Å². The second kappa shape index (κ2) is 6.54. The fourth-order valence-electron chi connectivity index (χ4n) is 2.62. The molecular weight excluding hydrogens is 326 g/mol. The van der Waals surface area contributed by atoms with E-state index in [1.54, 1.807) is 23.6 Å². The maximum absolute atomic E-state index is 12.7. The first-order valence-electron chi connectivity index (χ1n) is 7.63. The lowest BCUT2D eigenvalue weighted by Crippen LogP contribution is -2.41. The van der Waals surface area contributed by atoms with Crippen LogP contribution in [0.3, 0.4) is 0 Å². The average Bonchev–Trinajstić information content (AvgIpc) is 3.34. The number of thiazole rings is 1. The molecule has 1 amide bonds. The molecule has 0 spiro atoms. The Hall–Kier alpha value is -2.51. The SMILES string of the molecule is O=C(c1cnc(-c2ccccn2)s1)N1CCOC(c2ccco2)C1. The molecule has 4 heterocycles. The summed E-state index contributed by atoms with van der Waals surface area (Å²) in [6.45, 7) is 1.53. The van der Waals surface area contributed by atoms with E-state index < -0.39 is 0 Å². The van der Waals surface area contributed by atoms with E-state index >= 15 is 0 Å². The van der Waals surface area contributed by atoms with Gasteiger partial charge in [-0.1, -0.05) is 6.07 Å². The highest BCUT2D eigenvalue weighted by Gasteiger charge is 2.28. The molecule has 1 atom stereocenters. The molecule has 0 N–H and O–H groups in total. The Morgan fingerprint density at radius 2 is 2.21 bits per heavy atom. The van der Waals surface area contributed by atoms with Gasteiger partial charge in [0.15, 0.2) is 0 Å². The van der Waals surface area contributed by atoms with E-state index in [0.29, 0.717) is 24.6 Å². The van der Waals surface area contributed by atoms with Gasteiger partial charge in [0.2, 0.25) is 0 Å². The molecule has 0 aliphatic carbocycles. The average molecular weight is 341 g/mol. The summed E-state index contributed by atoms with van der Waals surface area (Å²) in [6.07, 6.45) is 4.73. The number of morpholine rings is 1. The Morgan fingerprint density at radius 3 is 3.00 bits per heavy atom. The molecule has 1 unspecified atom stereocenters. The molecule has 1 saturated heterocycles. The van der Waals surface area contributed by atoms with Crippen molar-refractivity contribution in [2.45, 2.75) is 6.10 Å². The van der Waals surface area contributed by atoms with Crippen molar-refractivity contribution in [1.29, 1.82) is 0 Å². The highest BCUT2D eigenvalue weighted by Crippen LogP contribution is 2.27. The van der Waals surface area contributed by atoms with E-state index in [4.69, 9.17) is 9.15 Å². The van der Waals surface area contributed by atoms with E-state index in [0.717, 1.165) is 16.5 Å². The van der Waals surface area contributed by atoms with E-state index in [1.165, 1.54) is 11.3 Å². The number of rotatable bonds is 3. The zero-order chi connectivity index (χ0) is 16.4. The van der Waals surface area contributed by atoms with E-state index in [-0.39, 0.29) is 12.0 Å². The topological polar surface area (TPSA) is 68.5 Å². The van der Waals surface area contributed by atoms with E-state index in [2.05, 4.69) is 9.97 Å². The molecule has 3 aromatic rings. The molecule has 4 rings (SSSR count). The largest absolute Gasteiger partial charge is 0.467 e. The van der Waals surface area contributed by atoms with Gasteiger partial charge in [0.1, 0.15) is 21.7 Å². The lowest BCUT2D eigenvalue weighted by atomic mass is 10.2. The normalized spacial score (nSPS) is 17.8. The lowest BCUT2D eigenvalue weighted by Gasteiger charge is -2.31. The smallest absolute Gasteiger partial charge is 0.265 e. The third-order valence-corrected chi connectivity index (χ3v) is 4.82. The molecule has 3 aromatic heterocycles. The van der Waals surface area contributed by atoms with Crippen LogP contribution in [0.1, 0.15) is 21.5 Å². The number of hydrogen-bond donors (Lipinski definition) is 0. The number of pyridine rings is 1. The standard InChI is InChI=1S/C17H15N3O3S/c21-17(15-10-19-16(24-15)12-4-1-2-6-18-12)20-7-9-23-14(11-20)13-5-3-8-22-13/h1-6,8,10,14H,7,9,11H2. The van der Waals surface area contributed by atoms with Crippen LogP contribution in [0.2, 0.25) is 0 Å². The monoisotopic (exact) mass is 341 g/mol. The second-order valence-electron chi connectivity index (χ2n) is 5.37. The Morgan fingerprint density at radius 1 is 1.25 bits per heavy atom. The number of amides is 1. The minimum absolute atomic E-state index is 0.0328. The van der Waals surface area contributed by atoms with Crippen LogP contribution in [0.4, 0.5) is 0 Å². The number of furan rings is 1. The first-order valence-corrected chi connectivity index (χ1v) is 8.44. The molecule has 0 saturated carbocycles.